The van der Waals surface area contributed by atoms with Crippen molar-refractivity contribution in [3.05, 3.63) is 29.8 Å². The van der Waals surface area contributed by atoms with E-state index in [-0.39, 0.29) is 11.9 Å². The molecule has 2 atom stereocenters. The van der Waals surface area contributed by atoms with Crippen LogP contribution in [0, 0.1) is 12.8 Å². The van der Waals surface area contributed by atoms with Gasteiger partial charge in [-0.25, -0.2) is 0 Å². The summed E-state index contributed by atoms with van der Waals surface area (Å²) in [6, 6.07) is 8.13. The van der Waals surface area contributed by atoms with Crippen LogP contribution < -0.4 is 10.2 Å². The van der Waals surface area contributed by atoms with Crippen LogP contribution in [-0.4, -0.2) is 25.0 Å². The maximum atomic E-state index is 12.7. The van der Waals surface area contributed by atoms with Crippen LogP contribution in [0.3, 0.4) is 0 Å². The van der Waals surface area contributed by atoms with Crippen LogP contribution in [0.5, 0.6) is 0 Å². The van der Waals surface area contributed by atoms with Gasteiger partial charge in [-0.2, -0.15) is 0 Å². The minimum atomic E-state index is -0.0331. The van der Waals surface area contributed by atoms with Gasteiger partial charge in [0, 0.05) is 12.2 Å². The van der Waals surface area contributed by atoms with Crippen LogP contribution in [0.15, 0.2) is 24.3 Å². The number of hydrogen-bond acceptors (Lipinski definition) is 2. The van der Waals surface area contributed by atoms with E-state index in [9.17, 15) is 4.79 Å². The smallest absolute Gasteiger partial charge is 0.244 e. The SMILES string of the molecule is CCN(C(=O)C1NCCCC1C)c1cccc(C)c1. The molecule has 3 heteroatoms. The first-order chi connectivity index (χ1) is 9.13. The van der Waals surface area contributed by atoms with Gasteiger partial charge in [0.2, 0.25) is 5.91 Å². The first-order valence-electron chi connectivity index (χ1n) is 7.25. The Morgan fingerprint density at radius 1 is 1.47 bits per heavy atom. The molecule has 1 N–H and O–H groups in total. The summed E-state index contributed by atoms with van der Waals surface area (Å²) < 4.78 is 0. The quantitative estimate of drug-likeness (QED) is 0.906. The molecular formula is C16H24N2O. The number of aryl methyl sites for hydroxylation is 1. The Balaban J connectivity index is 2.19. The first kappa shape index (κ1) is 14.1. The van der Waals surface area contributed by atoms with Crippen molar-refractivity contribution >= 4 is 11.6 Å². The number of anilines is 1. The Labute approximate surface area is 116 Å². The normalized spacial score (nSPS) is 23.1. The molecule has 2 rings (SSSR count). The number of piperidine rings is 1. The number of likely N-dealkylation sites (N-methyl/N-ethyl adjacent to an activating group) is 1. The fourth-order valence-corrected chi connectivity index (χ4v) is 2.81. The van der Waals surface area contributed by atoms with Crippen molar-refractivity contribution in [2.45, 2.75) is 39.7 Å². The van der Waals surface area contributed by atoms with E-state index in [0.717, 1.165) is 18.7 Å². The highest BCUT2D eigenvalue weighted by atomic mass is 16.2. The fourth-order valence-electron chi connectivity index (χ4n) is 2.81. The van der Waals surface area contributed by atoms with Crippen molar-refractivity contribution < 1.29 is 4.79 Å². The van der Waals surface area contributed by atoms with Crippen molar-refractivity contribution in [1.29, 1.82) is 0 Å². The molecule has 104 valence electrons. The average molecular weight is 260 g/mol. The third-order valence-electron chi connectivity index (χ3n) is 3.93. The maximum absolute atomic E-state index is 12.7. The second kappa shape index (κ2) is 6.20. The second-order valence-corrected chi connectivity index (χ2v) is 5.47. The predicted molar refractivity (Wildman–Crippen MR) is 79.4 cm³/mol. The van der Waals surface area contributed by atoms with Gasteiger partial charge in [-0.15, -0.1) is 0 Å². The van der Waals surface area contributed by atoms with Gasteiger partial charge >= 0.3 is 0 Å². The minimum absolute atomic E-state index is 0.0331. The van der Waals surface area contributed by atoms with Gasteiger partial charge in [-0.1, -0.05) is 19.1 Å². The highest BCUT2D eigenvalue weighted by molar-refractivity contribution is 5.97. The zero-order valence-electron chi connectivity index (χ0n) is 12.1. The Morgan fingerprint density at radius 2 is 2.26 bits per heavy atom. The lowest BCUT2D eigenvalue weighted by atomic mass is 9.91. The Hall–Kier alpha value is -1.35. The van der Waals surface area contributed by atoms with Crippen LogP contribution in [-0.2, 0) is 4.79 Å². The Bertz CT molecular complexity index is 444. The zero-order chi connectivity index (χ0) is 13.8. The predicted octanol–water partition coefficient (Wildman–Crippen LogP) is 2.74. The van der Waals surface area contributed by atoms with Gasteiger partial charge in [-0.05, 0) is 56.8 Å². The molecule has 1 aromatic rings. The number of hydrogen-bond donors (Lipinski definition) is 1. The van der Waals surface area contributed by atoms with Crippen LogP contribution in [0.25, 0.3) is 0 Å². The van der Waals surface area contributed by atoms with E-state index in [1.54, 1.807) is 0 Å². The number of rotatable bonds is 3. The van der Waals surface area contributed by atoms with Gasteiger partial charge in [0.1, 0.15) is 0 Å². The molecule has 1 saturated heterocycles. The van der Waals surface area contributed by atoms with E-state index < -0.39 is 0 Å². The van der Waals surface area contributed by atoms with E-state index in [2.05, 4.69) is 31.3 Å². The summed E-state index contributed by atoms with van der Waals surface area (Å²) >= 11 is 0. The lowest BCUT2D eigenvalue weighted by Crippen LogP contribution is -2.52. The molecule has 0 radical (unpaired) electrons. The summed E-state index contributed by atoms with van der Waals surface area (Å²) in [4.78, 5) is 14.6. The summed E-state index contributed by atoms with van der Waals surface area (Å²) in [5.41, 5.74) is 2.19. The van der Waals surface area contributed by atoms with Crippen molar-refractivity contribution in [1.82, 2.24) is 5.32 Å². The first-order valence-corrected chi connectivity index (χ1v) is 7.25. The molecular weight excluding hydrogens is 236 g/mol. The molecule has 2 unspecified atom stereocenters. The van der Waals surface area contributed by atoms with E-state index in [4.69, 9.17) is 0 Å². The molecule has 0 bridgehead atoms. The molecule has 1 heterocycles. The maximum Gasteiger partial charge on any atom is 0.244 e. The lowest BCUT2D eigenvalue weighted by Gasteiger charge is -2.33. The summed E-state index contributed by atoms with van der Waals surface area (Å²) in [6.07, 6.45) is 2.30. The van der Waals surface area contributed by atoms with Crippen LogP contribution >= 0.6 is 0 Å². The molecule has 1 aliphatic rings. The highest BCUT2D eigenvalue weighted by Gasteiger charge is 2.30. The van der Waals surface area contributed by atoms with Crippen molar-refractivity contribution in [2.24, 2.45) is 5.92 Å². The van der Waals surface area contributed by atoms with Gasteiger partial charge < -0.3 is 10.2 Å². The summed E-state index contributed by atoms with van der Waals surface area (Å²) in [7, 11) is 0. The van der Waals surface area contributed by atoms with Crippen molar-refractivity contribution in [3.8, 4) is 0 Å². The number of amides is 1. The third kappa shape index (κ3) is 3.16. The monoisotopic (exact) mass is 260 g/mol. The fraction of sp³-hybridized carbons (Fsp3) is 0.562. The molecule has 0 aliphatic carbocycles. The van der Waals surface area contributed by atoms with Gasteiger partial charge in [0.25, 0.3) is 0 Å². The van der Waals surface area contributed by atoms with Crippen molar-refractivity contribution in [3.63, 3.8) is 0 Å². The number of nitrogens with one attached hydrogen (secondary N) is 1. The summed E-state index contributed by atoms with van der Waals surface area (Å²) in [5.74, 6) is 0.625. The van der Waals surface area contributed by atoms with E-state index >= 15 is 0 Å². The number of carbonyl (C=O) groups is 1. The molecule has 1 fully saturated rings. The van der Waals surface area contributed by atoms with E-state index in [1.165, 1.54) is 12.0 Å². The minimum Gasteiger partial charge on any atom is -0.311 e. The lowest BCUT2D eigenvalue weighted by molar-refractivity contribution is -0.122. The van der Waals surface area contributed by atoms with Gasteiger partial charge in [0.15, 0.2) is 0 Å². The van der Waals surface area contributed by atoms with Crippen molar-refractivity contribution in [2.75, 3.05) is 18.0 Å². The average Bonchev–Trinajstić information content (AvgIpc) is 2.40. The number of nitrogens with zero attached hydrogens (tertiary/aromatic N) is 1. The molecule has 1 aromatic carbocycles. The third-order valence-corrected chi connectivity index (χ3v) is 3.93. The highest BCUT2D eigenvalue weighted by Crippen LogP contribution is 2.22. The number of carbonyl (C=O) groups excluding carboxylic acids is 1. The topological polar surface area (TPSA) is 32.3 Å². The van der Waals surface area contributed by atoms with Gasteiger partial charge in [-0.3, -0.25) is 4.79 Å². The van der Waals surface area contributed by atoms with Gasteiger partial charge in [0.05, 0.1) is 6.04 Å². The van der Waals surface area contributed by atoms with Crippen LogP contribution in [0.2, 0.25) is 0 Å². The second-order valence-electron chi connectivity index (χ2n) is 5.47. The largest absolute Gasteiger partial charge is 0.311 e. The summed E-state index contributed by atoms with van der Waals surface area (Å²) in [6.45, 7) is 7.93. The molecule has 0 spiro atoms. The molecule has 3 nitrogen and oxygen atoms in total. The van der Waals surface area contributed by atoms with E-state index in [0.29, 0.717) is 12.5 Å². The standard InChI is InChI=1S/C16H24N2O/c1-4-18(14-9-5-7-12(2)11-14)16(19)15-13(3)8-6-10-17-15/h5,7,9,11,13,15,17H,4,6,8,10H2,1-3H3. The Morgan fingerprint density at radius 3 is 2.89 bits per heavy atom. The number of benzene rings is 1. The molecule has 0 aromatic heterocycles. The van der Waals surface area contributed by atoms with E-state index in [1.807, 2.05) is 24.0 Å². The van der Waals surface area contributed by atoms with Crippen LogP contribution in [0.4, 0.5) is 5.69 Å². The Kier molecular flexibility index (Phi) is 4.59. The summed E-state index contributed by atoms with van der Waals surface area (Å²) in [5, 5.41) is 3.38. The molecule has 1 aliphatic heterocycles. The molecule has 1 amide bonds. The zero-order valence-corrected chi connectivity index (χ0v) is 12.1. The molecule has 19 heavy (non-hydrogen) atoms. The molecule has 0 saturated carbocycles. The van der Waals surface area contributed by atoms with Crippen LogP contribution in [0.1, 0.15) is 32.3 Å².